The molecule has 0 aliphatic heterocycles. The predicted octanol–water partition coefficient (Wildman–Crippen LogP) is 3.90. The van der Waals surface area contributed by atoms with Crippen LogP contribution < -0.4 is 10.1 Å². The summed E-state index contributed by atoms with van der Waals surface area (Å²) in [6.45, 7) is 3.33. The van der Waals surface area contributed by atoms with Gasteiger partial charge < -0.3 is 10.1 Å². The number of aryl methyl sites for hydroxylation is 2. The van der Waals surface area contributed by atoms with E-state index < -0.39 is 33.0 Å². The number of halogens is 3. The number of alkyl halides is 3. The minimum atomic E-state index is -4.74. The highest BCUT2D eigenvalue weighted by atomic mass is 32.2. The van der Waals surface area contributed by atoms with Gasteiger partial charge >= 0.3 is 6.18 Å². The van der Waals surface area contributed by atoms with Gasteiger partial charge in [0.05, 0.1) is 16.2 Å². The summed E-state index contributed by atoms with van der Waals surface area (Å²) in [7, 11) is -1.89. The number of hydrogen-bond donors (Lipinski definition) is 1. The van der Waals surface area contributed by atoms with Crippen molar-refractivity contribution in [2.24, 2.45) is 7.05 Å². The van der Waals surface area contributed by atoms with Crippen molar-refractivity contribution in [2.45, 2.75) is 24.9 Å². The van der Waals surface area contributed by atoms with Crippen LogP contribution in [0, 0.1) is 13.8 Å². The number of nitrogens with zero attached hydrogens (tertiary/aromatic N) is 3. The average Bonchev–Trinajstić information content (AvgIpc) is 2.93. The van der Waals surface area contributed by atoms with Crippen LogP contribution in [0.4, 0.5) is 18.9 Å². The Hall–Kier alpha value is -3.41. The molecule has 1 aromatic carbocycles. The van der Waals surface area contributed by atoms with Gasteiger partial charge in [-0.15, -0.1) is 0 Å². The lowest BCUT2D eigenvalue weighted by atomic mass is 10.1. The highest BCUT2D eigenvalue weighted by molar-refractivity contribution is 7.90. The van der Waals surface area contributed by atoms with Crippen LogP contribution in [-0.2, 0) is 23.1 Å². The van der Waals surface area contributed by atoms with E-state index in [9.17, 15) is 26.4 Å². The van der Waals surface area contributed by atoms with Crippen LogP contribution in [0.1, 0.15) is 27.3 Å². The first-order valence-electron chi connectivity index (χ1n) is 9.14. The van der Waals surface area contributed by atoms with Crippen LogP contribution in [0.15, 0.2) is 41.4 Å². The molecule has 2 heterocycles. The molecule has 1 amide bonds. The smallest absolute Gasteiger partial charge is 0.417 e. The van der Waals surface area contributed by atoms with E-state index in [-0.39, 0.29) is 22.2 Å². The molecule has 3 aromatic rings. The zero-order valence-electron chi connectivity index (χ0n) is 17.5. The minimum Gasteiger partial charge on any atom is -0.434 e. The molecule has 0 atom stereocenters. The molecule has 32 heavy (non-hydrogen) atoms. The van der Waals surface area contributed by atoms with Crippen LogP contribution in [0.5, 0.6) is 11.6 Å². The third-order valence-corrected chi connectivity index (χ3v) is 5.69. The van der Waals surface area contributed by atoms with Crippen LogP contribution in [-0.4, -0.2) is 35.3 Å². The standard InChI is InChI=1S/C20H19F3N4O4S/c1-11-17(12(2)27(3)26-11)31-19-16(8-13(10-24-19)20(21,22)23)18(28)25-14-6-5-7-15(9-14)32(4,29)30/h5-10H,1-4H3,(H,25,28). The first kappa shape index (κ1) is 23.3. The van der Waals surface area contributed by atoms with Gasteiger partial charge in [0.15, 0.2) is 15.6 Å². The molecule has 0 spiro atoms. The molecular weight excluding hydrogens is 449 g/mol. The molecule has 0 radical (unpaired) electrons. The van der Waals surface area contributed by atoms with Gasteiger partial charge in [-0.2, -0.15) is 18.3 Å². The van der Waals surface area contributed by atoms with E-state index in [2.05, 4.69) is 15.4 Å². The van der Waals surface area contributed by atoms with Crippen molar-refractivity contribution in [3.63, 3.8) is 0 Å². The third-order valence-electron chi connectivity index (χ3n) is 4.58. The zero-order chi connectivity index (χ0) is 23.8. The van der Waals surface area contributed by atoms with E-state index >= 15 is 0 Å². The van der Waals surface area contributed by atoms with Crippen molar-refractivity contribution in [1.29, 1.82) is 0 Å². The maximum Gasteiger partial charge on any atom is 0.417 e. The summed E-state index contributed by atoms with van der Waals surface area (Å²) in [6.07, 6.45) is -3.18. The molecule has 0 bridgehead atoms. The Balaban J connectivity index is 2.03. The summed E-state index contributed by atoms with van der Waals surface area (Å²) in [4.78, 5) is 16.5. The highest BCUT2D eigenvalue weighted by Crippen LogP contribution is 2.34. The lowest BCUT2D eigenvalue weighted by Crippen LogP contribution is -2.16. The molecular formula is C20H19F3N4O4S. The molecule has 0 unspecified atom stereocenters. The van der Waals surface area contributed by atoms with Gasteiger partial charge in [-0.3, -0.25) is 9.48 Å². The first-order valence-corrected chi connectivity index (χ1v) is 11.0. The Morgan fingerprint density at radius 2 is 1.88 bits per heavy atom. The lowest BCUT2D eigenvalue weighted by Gasteiger charge is -2.14. The van der Waals surface area contributed by atoms with Gasteiger partial charge in [0, 0.05) is 25.2 Å². The van der Waals surface area contributed by atoms with Crippen LogP contribution >= 0.6 is 0 Å². The van der Waals surface area contributed by atoms with Crippen molar-refractivity contribution >= 4 is 21.4 Å². The molecule has 0 saturated heterocycles. The predicted molar refractivity (Wildman–Crippen MR) is 110 cm³/mol. The number of sulfone groups is 1. The quantitative estimate of drug-likeness (QED) is 0.609. The summed E-state index contributed by atoms with van der Waals surface area (Å²) in [6, 6.07) is 5.96. The summed E-state index contributed by atoms with van der Waals surface area (Å²) in [5, 5.41) is 6.56. The fourth-order valence-corrected chi connectivity index (χ4v) is 3.52. The number of ether oxygens (including phenoxy) is 1. The molecule has 3 rings (SSSR count). The number of carbonyl (C=O) groups excluding carboxylic acids is 1. The van der Waals surface area contributed by atoms with Gasteiger partial charge in [0.25, 0.3) is 5.91 Å². The molecule has 8 nitrogen and oxygen atoms in total. The number of carbonyl (C=O) groups is 1. The third kappa shape index (κ3) is 4.90. The van der Waals surface area contributed by atoms with Gasteiger partial charge in [-0.05, 0) is 38.1 Å². The van der Waals surface area contributed by atoms with Crippen LogP contribution in [0.2, 0.25) is 0 Å². The maximum absolute atomic E-state index is 13.2. The zero-order valence-corrected chi connectivity index (χ0v) is 18.3. The number of hydrogen-bond acceptors (Lipinski definition) is 6. The van der Waals surface area contributed by atoms with Crippen LogP contribution in [0.25, 0.3) is 0 Å². The van der Waals surface area contributed by atoms with Gasteiger partial charge in [-0.25, -0.2) is 13.4 Å². The van der Waals surface area contributed by atoms with Crippen molar-refractivity contribution in [3.8, 4) is 11.6 Å². The van der Waals surface area contributed by atoms with Crippen molar-refractivity contribution < 1.29 is 31.1 Å². The number of anilines is 1. The van der Waals surface area contributed by atoms with Crippen molar-refractivity contribution in [1.82, 2.24) is 14.8 Å². The maximum atomic E-state index is 13.2. The monoisotopic (exact) mass is 468 g/mol. The highest BCUT2D eigenvalue weighted by Gasteiger charge is 2.33. The van der Waals surface area contributed by atoms with E-state index in [0.29, 0.717) is 23.7 Å². The molecule has 1 N–H and O–H groups in total. The second-order valence-electron chi connectivity index (χ2n) is 7.05. The molecule has 2 aromatic heterocycles. The number of amides is 1. The number of nitrogens with one attached hydrogen (secondary N) is 1. The van der Waals surface area contributed by atoms with Gasteiger partial charge in [0.1, 0.15) is 11.3 Å². The Morgan fingerprint density at radius 1 is 1.19 bits per heavy atom. The first-order chi connectivity index (χ1) is 14.8. The molecule has 0 aliphatic carbocycles. The number of pyridine rings is 1. The largest absolute Gasteiger partial charge is 0.434 e. The number of aromatic nitrogens is 3. The van der Waals surface area contributed by atoms with E-state index in [1.165, 1.54) is 28.9 Å². The Bertz CT molecular complexity index is 1300. The van der Waals surface area contributed by atoms with E-state index in [1.54, 1.807) is 20.9 Å². The minimum absolute atomic E-state index is 0.0597. The summed E-state index contributed by atoms with van der Waals surface area (Å²) in [5.41, 5.74) is -0.503. The second kappa shape index (κ2) is 8.26. The second-order valence-corrected chi connectivity index (χ2v) is 9.07. The Labute approximate surface area is 182 Å². The Kier molecular flexibility index (Phi) is 6.00. The number of benzene rings is 1. The Morgan fingerprint density at radius 3 is 2.44 bits per heavy atom. The fourth-order valence-electron chi connectivity index (χ4n) is 2.85. The van der Waals surface area contributed by atoms with Crippen LogP contribution in [0.3, 0.4) is 0 Å². The van der Waals surface area contributed by atoms with E-state index in [0.717, 1.165) is 6.26 Å². The SMILES string of the molecule is Cc1nn(C)c(C)c1Oc1ncc(C(F)(F)F)cc1C(=O)Nc1cccc(S(C)(=O)=O)c1. The lowest BCUT2D eigenvalue weighted by molar-refractivity contribution is -0.137. The number of rotatable bonds is 5. The summed E-state index contributed by atoms with van der Waals surface area (Å²) >= 11 is 0. The molecule has 0 aliphatic rings. The van der Waals surface area contributed by atoms with Crippen molar-refractivity contribution in [3.05, 3.63) is 59.0 Å². The van der Waals surface area contributed by atoms with Gasteiger partial charge in [-0.1, -0.05) is 6.07 Å². The summed E-state index contributed by atoms with van der Waals surface area (Å²) in [5.74, 6) is -1.05. The normalized spacial score (nSPS) is 12.0. The molecule has 12 heteroatoms. The van der Waals surface area contributed by atoms with Gasteiger partial charge in [0.2, 0.25) is 5.88 Å². The summed E-state index contributed by atoms with van der Waals surface area (Å²) < 4.78 is 70.4. The van der Waals surface area contributed by atoms with E-state index in [1.807, 2.05) is 0 Å². The van der Waals surface area contributed by atoms with Crippen molar-refractivity contribution in [2.75, 3.05) is 11.6 Å². The molecule has 170 valence electrons. The molecule has 0 fully saturated rings. The fraction of sp³-hybridized carbons (Fsp3) is 0.250. The van der Waals surface area contributed by atoms with E-state index in [4.69, 9.17) is 4.74 Å². The molecule has 0 saturated carbocycles. The topological polar surface area (TPSA) is 103 Å². The average molecular weight is 468 g/mol.